The molecule has 1 aromatic heterocycles. The van der Waals surface area contributed by atoms with E-state index in [1.165, 1.54) is 0 Å². The van der Waals surface area contributed by atoms with E-state index >= 15 is 0 Å². The van der Waals surface area contributed by atoms with E-state index < -0.39 is 5.54 Å². The van der Waals surface area contributed by atoms with Crippen molar-refractivity contribution in [2.45, 2.75) is 38.3 Å². The van der Waals surface area contributed by atoms with Crippen molar-refractivity contribution < 1.29 is 9.53 Å². The molecule has 170 valence electrons. The van der Waals surface area contributed by atoms with Crippen LogP contribution in [-0.4, -0.2) is 42.0 Å². The number of hydrogen-bond donors (Lipinski definition) is 3. The van der Waals surface area contributed by atoms with Crippen LogP contribution in [-0.2, 0) is 6.42 Å². The van der Waals surface area contributed by atoms with Gasteiger partial charge in [-0.3, -0.25) is 9.79 Å². The number of amides is 1. The van der Waals surface area contributed by atoms with Gasteiger partial charge >= 0.3 is 0 Å². The maximum Gasteiger partial charge on any atom is 0.268 e. The van der Waals surface area contributed by atoms with Gasteiger partial charge in [-0.2, -0.15) is 5.26 Å². The molecule has 1 aliphatic heterocycles. The third-order valence-corrected chi connectivity index (χ3v) is 5.88. The summed E-state index contributed by atoms with van der Waals surface area (Å²) < 4.78 is 5.41. The molecule has 3 aromatic rings. The molecule has 2 heterocycles. The second kappa shape index (κ2) is 9.37. The maximum atomic E-state index is 13.2. The first-order chi connectivity index (χ1) is 15.9. The Morgan fingerprint density at radius 1 is 1.24 bits per heavy atom. The quantitative estimate of drug-likeness (QED) is 0.492. The number of aliphatic imine (C=N–C) groups is 1. The van der Waals surface area contributed by atoms with Crippen LogP contribution in [0.1, 0.15) is 36.3 Å². The molecule has 3 N–H and O–H groups in total. The van der Waals surface area contributed by atoms with Crippen molar-refractivity contribution in [3.8, 4) is 11.8 Å². The molecule has 0 spiro atoms. The number of H-pyrrole nitrogens is 1. The fourth-order valence-electron chi connectivity index (χ4n) is 4.26. The Balaban J connectivity index is 1.53. The summed E-state index contributed by atoms with van der Waals surface area (Å²) in [5.41, 5.74) is 1.55. The van der Waals surface area contributed by atoms with E-state index in [-0.39, 0.29) is 11.9 Å². The van der Waals surface area contributed by atoms with Crippen molar-refractivity contribution in [1.29, 1.82) is 5.26 Å². The Bertz CT molecular complexity index is 1210. The zero-order chi connectivity index (χ0) is 23.4. The van der Waals surface area contributed by atoms with Gasteiger partial charge in [-0.1, -0.05) is 50.2 Å². The minimum absolute atomic E-state index is 0.221. The summed E-state index contributed by atoms with van der Waals surface area (Å²) in [6, 6.07) is 19.5. The number of hydrogen-bond acceptors (Lipinski definition) is 5. The average Bonchev–Trinajstić information content (AvgIpc) is 3.44. The molecular formula is C26H29N5O2. The van der Waals surface area contributed by atoms with Crippen molar-refractivity contribution in [1.82, 2.24) is 15.6 Å². The number of carbonyl (C=O) groups excluding carboxylic acids is 1. The Morgan fingerprint density at radius 2 is 2.03 bits per heavy atom. The normalized spacial score (nSPS) is 18.5. The number of ether oxygens (including phenoxy) is 1. The van der Waals surface area contributed by atoms with Gasteiger partial charge in [-0.15, -0.1) is 0 Å². The molecule has 0 radical (unpaired) electrons. The number of aromatic amines is 1. The van der Waals surface area contributed by atoms with Gasteiger partial charge in [-0.25, -0.2) is 0 Å². The lowest BCUT2D eigenvalue weighted by atomic mass is 9.92. The number of fused-ring (bicyclic) bond motifs is 1. The number of carbonyl (C=O) groups is 1. The van der Waals surface area contributed by atoms with Gasteiger partial charge in [0.15, 0.2) is 0 Å². The molecule has 0 bridgehead atoms. The molecule has 7 heteroatoms. The molecule has 1 aliphatic rings. The van der Waals surface area contributed by atoms with Crippen LogP contribution in [0.2, 0.25) is 0 Å². The van der Waals surface area contributed by atoms with Gasteiger partial charge in [0, 0.05) is 17.3 Å². The second-order valence-electron chi connectivity index (χ2n) is 8.94. The molecule has 1 amide bonds. The van der Waals surface area contributed by atoms with E-state index in [1.807, 2.05) is 48.5 Å². The fraction of sp³-hybridized carbons (Fsp3) is 0.346. The van der Waals surface area contributed by atoms with Crippen LogP contribution in [0.3, 0.4) is 0 Å². The summed E-state index contributed by atoms with van der Waals surface area (Å²) in [4.78, 5) is 21.0. The SMILES string of the molecule is COc1cccc2[nH]c(C(=O)NC(CC(C)C)C3=NCC(C#N)(Cc4ccccc4)N3)cc12. The Hall–Kier alpha value is -3.79. The van der Waals surface area contributed by atoms with Crippen molar-refractivity contribution in [2.75, 3.05) is 13.7 Å². The van der Waals surface area contributed by atoms with E-state index in [2.05, 4.69) is 40.5 Å². The van der Waals surface area contributed by atoms with Crippen LogP contribution >= 0.6 is 0 Å². The molecular weight excluding hydrogens is 414 g/mol. The third kappa shape index (κ3) is 4.85. The number of aromatic nitrogens is 1. The topological polar surface area (TPSA) is 102 Å². The molecule has 2 unspecified atom stereocenters. The van der Waals surface area contributed by atoms with Crippen LogP contribution < -0.4 is 15.4 Å². The lowest BCUT2D eigenvalue weighted by Gasteiger charge is -2.26. The highest BCUT2D eigenvalue weighted by molar-refractivity contribution is 6.02. The largest absolute Gasteiger partial charge is 0.496 e. The van der Waals surface area contributed by atoms with Gasteiger partial charge < -0.3 is 20.4 Å². The zero-order valence-electron chi connectivity index (χ0n) is 19.2. The fourth-order valence-corrected chi connectivity index (χ4v) is 4.26. The molecule has 2 atom stereocenters. The third-order valence-electron chi connectivity index (χ3n) is 5.88. The minimum Gasteiger partial charge on any atom is -0.496 e. The van der Waals surface area contributed by atoms with Gasteiger partial charge in [0.25, 0.3) is 5.91 Å². The molecule has 0 aliphatic carbocycles. The van der Waals surface area contributed by atoms with Gasteiger partial charge in [0.05, 0.1) is 25.8 Å². The maximum absolute atomic E-state index is 13.2. The van der Waals surface area contributed by atoms with E-state index in [9.17, 15) is 10.1 Å². The number of benzene rings is 2. The molecule has 4 rings (SSSR count). The summed E-state index contributed by atoms with van der Waals surface area (Å²) in [5, 5.41) is 17.3. The highest BCUT2D eigenvalue weighted by Gasteiger charge is 2.38. The minimum atomic E-state index is -0.814. The standard InChI is InChI=1S/C26H29N5O2/c1-17(2)12-21(24-28-16-26(15-27,31-24)14-18-8-5-4-6-9-18)30-25(32)22-13-19-20(29-22)10-7-11-23(19)33-3/h4-11,13,17,21,29H,12,14,16H2,1-3H3,(H,28,31)(H,30,32). The number of nitrogens with zero attached hydrogens (tertiary/aromatic N) is 2. The number of amidine groups is 1. The van der Waals surface area contributed by atoms with Crippen molar-refractivity contribution >= 4 is 22.6 Å². The zero-order valence-corrected chi connectivity index (χ0v) is 19.2. The summed E-state index contributed by atoms with van der Waals surface area (Å²) in [5.74, 6) is 1.47. The van der Waals surface area contributed by atoms with Crippen molar-refractivity contribution in [3.63, 3.8) is 0 Å². The summed E-state index contributed by atoms with van der Waals surface area (Å²) in [7, 11) is 1.61. The van der Waals surface area contributed by atoms with Gasteiger partial charge in [0.2, 0.25) is 0 Å². The number of rotatable bonds is 8. The molecule has 0 fully saturated rings. The second-order valence-corrected chi connectivity index (χ2v) is 8.94. The van der Waals surface area contributed by atoms with Crippen molar-refractivity contribution in [3.05, 3.63) is 65.9 Å². The highest BCUT2D eigenvalue weighted by atomic mass is 16.5. The van der Waals surface area contributed by atoms with Crippen LogP contribution in [0.15, 0.2) is 59.6 Å². The predicted molar refractivity (Wildman–Crippen MR) is 129 cm³/mol. The van der Waals surface area contributed by atoms with E-state index in [0.717, 1.165) is 16.5 Å². The number of methoxy groups -OCH3 is 1. The Labute approximate surface area is 193 Å². The van der Waals surface area contributed by atoms with E-state index in [0.29, 0.717) is 42.6 Å². The molecule has 0 saturated heterocycles. The first kappa shape index (κ1) is 22.4. The van der Waals surface area contributed by atoms with Gasteiger partial charge in [-0.05, 0) is 36.1 Å². The van der Waals surface area contributed by atoms with Crippen molar-refractivity contribution in [2.24, 2.45) is 10.9 Å². The van der Waals surface area contributed by atoms with Crippen LogP contribution in [0.4, 0.5) is 0 Å². The summed E-state index contributed by atoms with van der Waals surface area (Å²) in [6.45, 7) is 4.55. The molecule has 0 saturated carbocycles. The lowest BCUT2D eigenvalue weighted by molar-refractivity contribution is 0.0939. The van der Waals surface area contributed by atoms with Crippen LogP contribution in [0.25, 0.3) is 10.9 Å². The van der Waals surface area contributed by atoms with Gasteiger partial charge in [0.1, 0.15) is 22.8 Å². The monoisotopic (exact) mass is 443 g/mol. The predicted octanol–water partition coefficient (Wildman–Crippen LogP) is 3.83. The summed E-state index contributed by atoms with van der Waals surface area (Å²) in [6.07, 6.45) is 1.25. The first-order valence-electron chi connectivity index (χ1n) is 11.2. The molecule has 7 nitrogen and oxygen atoms in total. The number of nitrogens with one attached hydrogen (secondary N) is 3. The summed E-state index contributed by atoms with van der Waals surface area (Å²) >= 11 is 0. The van der Waals surface area contributed by atoms with E-state index in [1.54, 1.807) is 13.2 Å². The molecule has 2 aromatic carbocycles. The lowest BCUT2D eigenvalue weighted by Crippen LogP contribution is -2.53. The Morgan fingerprint density at radius 3 is 2.73 bits per heavy atom. The molecule has 33 heavy (non-hydrogen) atoms. The van der Waals surface area contributed by atoms with Crippen LogP contribution in [0.5, 0.6) is 5.75 Å². The Kier molecular flexibility index (Phi) is 6.36. The highest BCUT2D eigenvalue weighted by Crippen LogP contribution is 2.26. The number of nitriles is 1. The smallest absolute Gasteiger partial charge is 0.268 e. The average molecular weight is 444 g/mol. The first-order valence-corrected chi connectivity index (χ1v) is 11.2. The van der Waals surface area contributed by atoms with E-state index in [4.69, 9.17) is 4.74 Å². The van der Waals surface area contributed by atoms with Crippen LogP contribution in [0, 0.1) is 17.2 Å².